The van der Waals surface area contributed by atoms with Gasteiger partial charge < -0.3 is 0 Å². The van der Waals surface area contributed by atoms with Crippen molar-refractivity contribution in [1.29, 1.82) is 0 Å². The molecule has 0 saturated carbocycles. The fraction of sp³-hybridized carbons (Fsp3) is 0.278. The van der Waals surface area contributed by atoms with E-state index >= 15 is 0 Å². The van der Waals surface area contributed by atoms with Gasteiger partial charge in [-0.2, -0.15) is 0 Å². The average Bonchev–Trinajstić information content (AvgIpc) is 2.54. The first-order chi connectivity index (χ1) is 10.8. The number of hydrogen-bond donors (Lipinski definition) is 1. The molecule has 122 valence electrons. The largest absolute Gasteiger partial charge is 0.295 e. The summed E-state index contributed by atoms with van der Waals surface area (Å²) in [5, 5.41) is 0. The molecule has 2 aromatic rings. The summed E-state index contributed by atoms with van der Waals surface area (Å²) in [5.74, 6) is 0.346. The molecule has 0 aromatic heterocycles. The molecule has 1 atom stereocenters. The standard InChI is InChI=1S/C18H21NO3S/c1-4-13(2)15-7-11-18(12-8-15)23(21,22)19-17-9-5-16(6-10-17)14(3)20/h5-13,19H,4H2,1-3H3. The Kier molecular flexibility index (Phi) is 5.21. The molecule has 1 unspecified atom stereocenters. The number of ketones is 1. The Balaban J connectivity index is 2.19. The molecule has 0 fully saturated rings. The van der Waals surface area contributed by atoms with Gasteiger partial charge in [0.1, 0.15) is 0 Å². The lowest BCUT2D eigenvalue weighted by atomic mass is 9.99. The van der Waals surface area contributed by atoms with Crippen molar-refractivity contribution in [3.63, 3.8) is 0 Å². The third-order valence-corrected chi connectivity index (χ3v) is 5.31. The van der Waals surface area contributed by atoms with E-state index in [1.54, 1.807) is 36.4 Å². The summed E-state index contributed by atoms with van der Waals surface area (Å²) in [5.41, 5.74) is 2.10. The first-order valence-electron chi connectivity index (χ1n) is 7.57. The van der Waals surface area contributed by atoms with Crippen molar-refractivity contribution in [2.24, 2.45) is 0 Å². The zero-order valence-corrected chi connectivity index (χ0v) is 14.4. The number of anilines is 1. The molecular formula is C18H21NO3S. The number of carbonyl (C=O) groups is 1. The Morgan fingerprint density at radius 2 is 1.61 bits per heavy atom. The van der Waals surface area contributed by atoms with Gasteiger partial charge in [0.15, 0.2) is 5.78 Å². The Hall–Kier alpha value is -2.14. The van der Waals surface area contributed by atoms with E-state index in [4.69, 9.17) is 0 Å². The molecule has 0 aliphatic carbocycles. The molecule has 0 bridgehead atoms. The van der Waals surface area contributed by atoms with Crippen LogP contribution in [0.2, 0.25) is 0 Å². The maximum absolute atomic E-state index is 12.4. The van der Waals surface area contributed by atoms with Crippen LogP contribution in [0.5, 0.6) is 0 Å². The van der Waals surface area contributed by atoms with Crippen molar-refractivity contribution < 1.29 is 13.2 Å². The van der Waals surface area contributed by atoms with Gasteiger partial charge >= 0.3 is 0 Å². The van der Waals surface area contributed by atoms with Crippen molar-refractivity contribution in [2.75, 3.05) is 4.72 Å². The van der Waals surface area contributed by atoms with Crippen molar-refractivity contribution in [3.8, 4) is 0 Å². The fourth-order valence-corrected chi connectivity index (χ4v) is 3.26. The second kappa shape index (κ2) is 6.96. The van der Waals surface area contributed by atoms with Crippen LogP contribution in [0.15, 0.2) is 53.4 Å². The lowest BCUT2D eigenvalue weighted by Crippen LogP contribution is -2.13. The number of Topliss-reactive ketones (excluding diaryl/α,β-unsaturated/α-hetero) is 1. The zero-order chi connectivity index (χ0) is 17.0. The Labute approximate surface area is 137 Å². The molecule has 4 nitrogen and oxygen atoms in total. The van der Waals surface area contributed by atoms with Crippen LogP contribution in [0.1, 0.15) is 49.0 Å². The number of hydrogen-bond acceptors (Lipinski definition) is 3. The van der Waals surface area contributed by atoms with Crippen LogP contribution in [-0.4, -0.2) is 14.2 Å². The van der Waals surface area contributed by atoms with Crippen LogP contribution in [0.4, 0.5) is 5.69 Å². The van der Waals surface area contributed by atoms with Gasteiger partial charge in [-0.05, 0) is 61.2 Å². The first-order valence-corrected chi connectivity index (χ1v) is 9.05. The summed E-state index contributed by atoms with van der Waals surface area (Å²) in [6.07, 6.45) is 1.01. The normalized spacial score (nSPS) is 12.7. The van der Waals surface area contributed by atoms with Gasteiger partial charge in [-0.25, -0.2) is 8.42 Å². The highest BCUT2D eigenvalue weighted by Gasteiger charge is 2.15. The van der Waals surface area contributed by atoms with Gasteiger partial charge in [0.25, 0.3) is 10.0 Å². The van der Waals surface area contributed by atoms with Crippen molar-refractivity contribution >= 4 is 21.5 Å². The van der Waals surface area contributed by atoms with Crippen molar-refractivity contribution in [2.45, 2.75) is 38.0 Å². The van der Waals surface area contributed by atoms with Gasteiger partial charge in [0, 0.05) is 11.3 Å². The van der Waals surface area contributed by atoms with E-state index in [2.05, 4.69) is 18.6 Å². The maximum atomic E-state index is 12.4. The number of rotatable bonds is 6. The average molecular weight is 331 g/mol. The lowest BCUT2D eigenvalue weighted by molar-refractivity contribution is 0.101. The monoisotopic (exact) mass is 331 g/mol. The molecular weight excluding hydrogens is 310 g/mol. The Bertz CT molecular complexity index is 778. The SMILES string of the molecule is CCC(C)c1ccc(S(=O)(=O)Nc2ccc(C(C)=O)cc2)cc1. The summed E-state index contributed by atoms with van der Waals surface area (Å²) >= 11 is 0. The van der Waals surface area contributed by atoms with Crippen LogP contribution in [0.3, 0.4) is 0 Å². The second-order valence-electron chi connectivity index (χ2n) is 5.62. The highest BCUT2D eigenvalue weighted by atomic mass is 32.2. The Morgan fingerprint density at radius 3 is 2.09 bits per heavy atom. The number of sulfonamides is 1. The van der Waals surface area contributed by atoms with E-state index in [9.17, 15) is 13.2 Å². The van der Waals surface area contributed by atoms with Crippen molar-refractivity contribution in [3.05, 3.63) is 59.7 Å². The van der Waals surface area contributed by atoms with E-state index < -0.39 is 10.0 Å². The molecule has 0 spiro atoms. The summed E-state index contributed by atoms with van der Waals surface area (Å²) in [6.45, 7) is 5.68. The van der Waals surface area contributed by atoms with E-state index in [-0.39, 0.29) is 10.7 Å². The molecule has 2 aromatic carbocycles. The first kappa shape index (κ1) is 17.2. The predicted molar refractivity (Wildman–Crippen MR) is 92.4 cm³/mol. The molecule has 2 rings (SSSR count). The quantitative estimate of drug-likeness (QED) is 0.807. The predicted octanol–water partition coefficient (Wildman–Crippen LogP) is 4.20. The van der Waals surface area contributed by atoms with E-state index in [0.717, 1.165) is 12.0 Å². The molecule has 0 saturated heterocycles. The second-order valence-corrected chi connectivity index (χ2v) is 7.30. The van der Waals surface area contributed by atoms with Crippen LogP contribution >= 0.6 is 0 Å². The summed E-state index contributed by atoms with van der Waals surface area (Å²) in [6, 6.07) is 13.3. The van der Waals surface area contributed by atoms with Gasteiger partial charge in [-0.3, -0.25) is 9.52 Å². The molecule has 0 amide bonds. The highest BCUT2D eigenvalue weighted by Crippen LogP contribution is 2.22. The van der Waals surface area contributed by atoms with Crippen LogP contribution < -0.4 is 4.72 Å². The maximum Gasteiger partial charge on any atom is 0.261 e. The smallest absolute Gasteiger partial charge is 0.261 e. The van der Waals surface area contributed by atoms with E-state index in [0.29, 0.717) is 17.2 Å². The number of benzene rings is 2. The summed E-state index contributed by atoms with van der Waals surface area (Å²) in [4.78, 5) is 11.5. The lowest BCUT2D eigenvalue weighted by Gasteiger charge is -2.11. The van der Waals surface area contributed by atoms with Crippen molar-refractivity contribution in [1.82, 2.24) is 0 Å². The minimum Gasteiger partial charge on any atom is -0.295 e. The highest BCUT2D eigenvalue weighted by molar-refractivity contribution is 7.92. The minimum atomic E-state index is -3.63. The molecule has 23 heavy (non-hydrogen) atoms. The molecule has 5 heteroatoms. The van der Waals surface area contributed by atoms with Gasteiger partial charge in [0.05, 0.1) is 4.90 Å². The van der Waals surface area contributed by atoms with Gasteiger partial charge in [-0.1, -0.05) is 26.0 Å². The molecule has 0 radical (unpaired) electrons. The van der Waals surface area contributed by atoms with E-state index in [1.807, 2.05) is 12.1 Å². The molecule has 0 heterocycles. The van der Waals surface area contributed by atoms with E-state index in [1.165, 1.54) is 6.92 Å². The number of carbonyl (C=O) groups excluding carboxylic acids is 1. The fourth-order valence-electron chi connectivity index (χ4n) is 2.20. The van der Waals surface area contributed by atoms with Crippen LogP contribution in [0, 0.1) is 0 Å². The van der Waals surface area contributed by atoms with Gasteiger partial charge in [-0.15, -0.1) is 0 Å². The third-order valence-electron chi connectivity index (χ3n) is 3.92. The molecule has 0 aliphatic rings. The van der Waals surface area contributed by atoms with Crippen LogP contribution in [0.25, 0.3) is 0 Å². The Morgan fingerprint density at radius 1 is 1.04 bits per heavy atom. The van der Waals surface area contributed by atoms with Gasteiger partial charge in [0.2, 0.25) is 0 Å². The zero-order valence-electron chi connectivity index (χ0n) is 13.5. The molecule has 0 aliphatic heterocycles. The molecule has 1 N–H and O–H groups in total. The minimum absolute atomic E-state index is 0.0555. The van der Waals surface area contributed by atoms with Crippen LogP contribution in [-0.2, 0) is 10.0 Å². The third kappa shape index (κ3) is 4.20. The summed E-state index contributed by atoms with van der Waals surface area (Å²) < 4.78 is 27.3. The summed E-state index contributed by atoms with van der Waals surface area (Å²) in [7, 11) is -3.63. The topological polar surface area (TPSA) is 63.2 Å². The number of nitrogens with one attached hydrogen (secondary N) is 1.